The van der Waals surface area contributed by atoms with Crippen molar-refractivity contribution < 1.29 is 17.9 Å². The largest absolute Gasteiger partial charge is 0.454 e. The SMILES string of the molecule is CCN(CC)S(=O)(=O)c1ccc2nnc(SCc3cc(Cl)c4c(c3)OCO4)n2c1. The molecule has 2 aromatic heterocycles. The zero-order valence-corrected chi connectivity index (χ0v) is 18.2. The lowest BCUT2D eigenvalue weighted by Gasteiger charge is -2.18. The van der Waals surface area contributed by atoms with Crippen LogP contribution < -0.4 is 9.47 Å². The average Bonchev–Trinajstić information content (AvgIpc) is 3.33. The van der Waals surface area contributed by atoms with E-state index in [2.05, 4.69) is 10.2 Å². The number of aromatic nitrogens is 3. The van der Waals surface area contributed by atoms with Gasteiger partial charge in [-0.1, -0.05) is 37.2 Å². The van der Waals surface area contributed by atoms with Crippen LogP contribution in [0.3, 0.4) is 0 Å². The Morgan fingerprint density at radius 3 is 2.76 bits per heavy atom. The second-order valence-corrected chi connectivity index (χ2v) is 9.55. The second kappa shape index (κ2) is 8.02. The summed E-state index contributed by atoms with van der Waals surface area (Å²) in [5.41, 5.74) is 1.52. The van der Waals surface area contributed by atoms with Crippen LogP contribution >= 0.6 is 23.4 Å². The first-order chi connectivity index (χ1) is 13.9. The number of benzene rings is 1. The molecule has 0 fully saturated rings. The molecule has 0 unspecified atom stereocenters. The minimum absolute atomic E-state index is 0.157. The number of thioether (sulfide) groups is 1. The van der Waals surface area contributed by atoms with Crippen LogP contribution in [-0.2, 0) is 15.8 Å². The number of ether oxygens (including phenoxy) is 2. The maximum atomic E-state index is 12.8. The molecule has 0 bridgehead atoms. The third-order valence-electron chi connectivity index (χ3n) is 4.54. The van der Waals surface area contributed by atoms with E-state index in [-0.39, 0.29) is 11.7 Å². The molecular formula is C18H19ClN4O4S2. The molecule has 29 heavy (non-hydrogen) atoms. The normalized spacial score (nSPS) is 13.5. The van der Waals surface area contributed by atoms with E-state index in [9.17, 15) is 8.42 Å². The van der Waals surface area contributed by atoms with Crippen molar-refractivity contribution in [2.75, 3.05) is 19.9 Å². The first kappa shape index (κ1) is 20.3. The predicted molar refractivity (Wildman–Crippen MR) is 110 cm³/mol. The molecule has 1 aromatic carbocycles. The van der Waals surface area contributed by atoms with Gasteiger partial charge in [0.15, 0.2) is 22.3 Å². The number of nitrogens with zero attached hydrogens (tertiary/aromatic N) is 4. The summed E-state index contributed by atoms with van der Waals surface area (Å²) in [7, 11) is -3.57. The number of hydrogen-bond acceptors (Lipinski definition) is 7. The smallest absolute Gasteiger partial charge is 0.244 e. The lowest BCUT2D eigenvalue weighted by molar-refractivity contribution is 0.174. The van der Waals surface area contributed by atoms with Gasteiger partial charge in [-0.25, -0.2) is 8.42 Å². The maximum Gasteiger partial charge on any atom is 0.244 e. The van der Waals surface area contributed by atoms with Gasteiger partial charge in [-0.05, 0) is 29.8 Å². The van der Waals surface area contributed by atoms with Crippen LogP contribution in [0, 0.1) is 0 Å². The highest BCUT2D eigenvalue weighted by Crippen LogP contribution is 2.40. The van der Waals surface area contributed by atoms with Crippen LogP contribution in [0.2, 0.25) is 5.02 Å². The molecule has 0 amide bonds. The van der Waals surface area contributed by atoms with Gasteiger partial charge >= 0.3 is 0 Å². The van der Waals surface area contributed by atoms with Crippen LogP contribution in [-0.4, -0.2) is 47.2 Å². The van der Waals surface area contributed by atoms with Gasteiger partial charge < -0.3 is 9.47 Å². The zero-order valence-electron chi connectivity index (χ0n) is 15.8. The monoisotopic (exact) mass is 454 g/mol. The Bertz CT molecular complexity index is 1160. The lowest BCUT2D eigenvalue weighted by Crippen LogP contribution is -2.30. The van der Waals surface area contributed by atoms with Crippen molar-refractivity contribution in [2.24, 2.45) is 0 Å². The summed E-state index contributed by atoms with van der Waals surface area (Å²) in [6.07, 6.45) is 1.57. The van der Waals surface area contributed by atoms with E-state index in [0.29, 0.717) is 46.2 Å². The Balaban J connectivity index is 1.61. The third kappa shape index (κ3) is 3.77. The number of halogens is 1. The fourth-order valence-corrected chi connectivity index (χ4v) is 5.66. The molecule has 0 N–H and O–H groups in total. The molecule has 3 heterocycles. The van der Waals surface area contributed by atoms with E-state index in [0.717, 1.165) is 5.56 Å². The fraction of sp³-hybridized carbons (Fsp3) is 0.333. The highest BCUT2D eigenvalue weighted by atomic mass is 35.5. The summed E-state index contributed by atoms with van der Waals surface area (Å²) in [5, 5.41) is 9.40. The molecule has 4 rings (SSSR count). The second-order valence-electron chi connectivity index (χ2n) is 6.27. The molecule has 0 saturated heterocycles. The number of fused-ring (bicyclic) bond motifs is 2. The van der Waals surface area contributed by atoms with Crippen molar-refractivity contribution in [1.29, 1.82) is 0 Å². The van der Waals surface area contributed by atoms with Crippen molar-refractivity contribution in [3.63, 3.8) is 0 Å². The van der Waals surface area contributed by atoms with Gasteiger partial charge in [0.25, 0.3) is 0 Å². The van der Waals surface area contributed by atoms with Gasteiger partial charge in [0.05, 0.1) is 9.92 Å². The van der Waals surface area contributed by atoms with E-state index in [1.807, 2.05) is 26.0 Å². The van der Waals surface area contributed by atoms with Crippen LogP contribution in [0.1, 0.15) is 19.4 Å². The Morgan fingerprint density at radius 1 is 1.21 bits per heavy atom. The predicted octanol–water partition coefficient (Wildman–Crippen LogP) is 3.43. The topological polar surface area (TPSA) is 86.0 Å². The van der Waals surface area contributed by atoms with Crippen molar-refractivity contribution in [3.8, 4) is 11.5 Å². The zero-order chi connectivity index (χ0) is 20.6. The summed E-state index contributed by atoms with van der Waals surface area (Å²) in [6, 6.07) is 6.91. The van der Waals surface area contributed by atoms with Crippen molar-refractivity contribution in [2.45, 2.75) is 29.7 Å². The van der Waals surface area contributed by atoms with E-state index < -0.39 is 10.0 Å². The van der Waals surface area contributed by atoms with Crippen molar-refractivity contribution in [3.05, 3.63) is 41.0 Å². The summed E-state index contributed by atoms with van der Waals surface area (Å²) >= 11 is 7.67. The summed E-state index contributed by atoms with van der Waals surface area (Å²) in [5.74, 6) is 1.73. The molecule has 154 valence electrons. The first-order valence-electron chi connectivity index (χ1n) is 8.99. The molecule has 3 aromatic rings. The number of rotatable bonds is 7. The van der Waals surface area contributed by atoms with E-state index in [1.54, 1.807) is 22.7 Å². The molecule has 1 aliphatic rings. The molecule has 0 radical (unpaired) electrons. The highest BCUT2D eigenvalue weighted by molar-refractivity contribution is 7.98. The average molecular weight is 455 g/mol. The minimum Gasteiger partial charge on any atom is -0.454 e. The molecular weight excluding hydrogens is 436 g/mol. The van der Waals surface area contributed by atoms with Crippen LogP contribution in [0.25, 0.3) is 5.65 Å². The number of hydrogen-bond donors (Lipinski definition) is 0. The molecule has 11 heteroatoms. The Morgan fingerprint density at radius 2 is 2.00 bits per heavy atom. The fourth-order valence-electron chi connectivity index (χ4n) is 3.07. The van der Waals surface area contributed by atoms with Gasteiger partial charge in [-0.15, -0.1) is 10.2 Å². The Hall–Kier alpha value is -2.01. The highest BCUT2D eigenvalue weighted by Gasteiger charge is 2.23. The number of pyridine rings is 1. The molecule has 8 nitrogen and oxygen atoms in total. The first-order valence-corrected chi connectivity index (χ1v) is 11.8. The van der Waals surface area contributed by atoms with Gasteiger partial charge in [0.2, 0.25) is 16.8 Å². The lowest BCUT2D eigenvalue weighted by atomic mass is 10.2. The van der Waals surface area contributed by atoms with Gasteiger partial charge in [0.1, 0.15) is 0 Å². The Labute approximate surface area is 177 Å². The summed E-state index contributed by atoms with van der Waals surface area (Å²) < 4.78 is 39.5. The number of sulfonamides is 1. The quantitative estimate of drug-likeness (QED) is 0.505. The summed E-state index contributed by atoms with van der Waals surface area (Å²) in [6.45, 7) is 4.60. The maximum absolute atomic E-state index is 12.8. The molecule has 1 aliphatic heterocycles. The molecule has 0 saturated carbocycles. The molecule has 0 atom stereocenters. The van der Waals surface area contributed by atoms with Crippen LogP contribution in [0.5, 0.6) is 11.5 Å². The Kier molecular flexibility index (Phi) is 5.60. The summed E-state index contributed by atoms with van der Waals surface area (Å²) in [4.78, 5) is 0.210. The van der Waals surface area contributed by atoms with E-state index >= 15 is 0 Å². The van der Waals surface area contributed by atoms with E-state index in [4.69, 9.17) is 21.1 Å². The van der Waals surface area contributed by atoms with Crippen molar-refractivity contribution in [1.82, 2.24) is 18.9 Å². The van der Waals surface area contributed by atoms with Gasteiger partial charge in [0, 0.05) is 25.0 Å². The van der Waals surface area contributed by atoms with Crippen molar-refractivity contribution >= 4 is 39.0 Å². The van der Waals surface area contributed by atoms with Crippen LogP contribution in [0.4, 0.5) is 0 Å². The molecule has 0 aliphatic carbocycles. The van der Waals surface area contributed by atoms with Crippen LogP contribution in [0.15, 0.2) is 40.5 Å². The third-order valence-corrected chi connectivity index (χ3v) is 7.87. The van der Waals surface area contributed by atoms with E-state index in [1.165, 1.54) is 16.1 Å². The standard InChI is InChI=1S/C18H19ClN4O4S2/c1-3-22(4-2)29(24,25)13-5-6-16-20-21-18(23(16)9-13)28-10-12-7-14(19)17-15(8-12)26-11-27-17/h5-9H,3-4,10-11H2,1-2H3. The van der Waals surface area contributed by atoms with Gasteiger partial charge in [-0.2, -0.15) is 4.31 Å². The molecule has 0 spiro atoms. The minimum atomic E-state index is -3.57. The van der Waals surface area contributed by atoms with Gasteiger partial charge in [-0.3, -0.25) is 4.40 Å².